The molecule has 0 aromatic carbocycles. The quantitative estimate of drug-likeness (QED) is 0.324. The number of carbonyl (C=O) groups is 3. The summed E-state index contributed by atoms with van der Waals surface area (Å²) in [4.78, 5) is 36.8. The third-order valence-electron chi connectivity index (χ3n) is 2.71. The highest BCUT2D eigenvalue weighted by molar-refractivity contribution is 6.25. The first-order valence-electron chi connectivity index (χ1n) is 6.81. The second-order valence-corrected chi connectivity index (χ2v) is 4.38. The number of carboxylic acids is 1. The molecule has 1 amide bonds. The highest BCUT2D eigenvalue weighted by atomic mass is 16.5. The van der Waals surface area contributed by atoms with Gasteiger partial charge < -0.3 is 20.7 Å². The molecule has 0 saturated heterocycles. The fraction of sp³-hybridized carbons (Fsp3) is 0.692. The first-order chi connectivity index (χ1) is 9.96. The van der Waals surface area contributed by atoms with Crippen LogP contribution < -0.4 is 5.32 Å². The van der Waals surface area contributed by atoms with Crippen molar-refractivity contribution in [3.63, 3.8) is 0 Å². The second-order valence-electron chi connectivity index (χ2n) is 4.38. The standard InChI is InChI=1S/C13H21N3O5/c1-3-5-11(21-4-2)12(18)16-10(13(19)20)7-6-9(17)8-15-14/h8,10-11H,3-7H2,1-2H3,(H,16,18)(H,19,20). The molecule has 2 N–H and O–H groups in total. The molecule has 0 aliphatic carbocycles. The highest BCUT2D eigenvalue weighted by Crippen LogP contribution is 2.05. The third-order valence-corrected chi connectivity index (χ3v) is 2.71. The van der Waals surface area contributed by atoms with Crippen molar-refractivity contribution in [2.45, 2.75) is 51.7 Å². The Balaban J connectivity index is 4.60. The van der Waals surface area contributed by atoms with Gasteiger partial charge in [-0.15, -0.1) is 0 Å². The molecule has 2 unspecified atom stereocenters. The first kappa shape index (κ1) is 18.9. The van der Waals surface area contributed by atoms with Gasteiger partial charge in [0, 0.05) is 13.0 Å². The lowest BCUT2D eigenvalue weighted by atomic mass is 10.1. The topological polar surface area (TPSA) is 129 Å². The maximum absolute atomic E-state index is 12.0. The lowest BCUT2D eigenvalue weighted by Gasteiger charge is -2.19. The normalized spacial score (nSPS) is 12.9. The van der Waals surface area contributed by atoms with E-state index in [4.69, 9.17) is 15.4 Å². The van der Waals surface area contributed by atoms with E-state index in [0.717, 1.165) is 6.42 Å². The molecule has 8 heteroatoms. The van der Waals surface area contributed by atoms with Crippen LogP contribution in [0.3, 0.4) is 0 Å². The number of carboxylic acid groups (broad SMARTS) is 1. The Morgan fingerprint density at radius 3 is 2.48 bits per heavy atom. The largest absolute Gasteiger partial charge is 0.480 e. The Kier molecular flexibility index (Phi) is 9.66. The second kappa shape index (κ2) is 10.7. The van der Waals surface area contributed by atoms with Crippen LogP contribution in [0.15, 0.2) is 0 Å². The number of aliphatic carboxylic acids is 1. The van der Waals surface area contributed by atoms with Gasteiger partial charge in [0.1, 0.15) is 12.1 Å². The summed E-state index contributed by atoms with van der Waals surface area (Å²) in [7, 11) is 0. The van der Waals surface area contributed by atoms with Crippen molar-refractivity contribution in [2.75, 3.05) is 6.61 Å². The van der Waals surface area contributed by atoms with E-state index in [1.54, 1.807) is 6.92 Å². The number of amides is 1. The molecule has 0 rings (SSSR count). The van der Waals surface area contributed by atoms with Crippen molar-refractivity contribution < 1.29 is 29.0 Å². The SMILES string of the molecule is CCCC(OCC)C(=O)NC(CCC(=O)C=[N+]=[N-])C(=O)O. The monoisotopic (exact) mass is 299 g/mol. The van der Waals surface area contributed by atoms with Gasteiger partial charge in [-0.1, -0.05) is 13.3 Å². The molecule has 0 fully saturated rings. The molecule has 0 spiro atoms. The molecular formula is C13H21N3O5. The molecule has 2 atom stereocenters. The summed E-state index contributed by atoms with van der Waals surface area (Å²) in [6.07, 6.45) is 0.978. The molecule has 0 aliphatic rings. The summed E-state index contributed by atoms with van der Waals surface area (Å²) >= 11 is 0. The van der Waals surface area contributed by atoms with E-state index in [-0.39, 0.29) is 12.8 Å². The van der Waals surface area contributed by atoms with Crippen LogP contribution in [0, 0.1) is 0 Å². The van der Waals surface area contributed by atoms with E-state index in [2.05, 4.69) is 10.1 Å². The van der Waals surface area contributed by atoms with Crippen LogP contribution in [0.4, 0.5) is 0 Å². The van der Waals surface area contributed by atoms with Gasteiger partial charge >= 0.3 is 12.2 Å². The Morgan fingerprint density at radius 2 is 2.00 bits per heavy atom. The smallest absolute Gasteiger partial charge is 0.326 e. The fourth-order valence-electron chi connectivity index (χ4n) is 1.69. The predicted molar refractivity (Wildman–Crippen MR) is 73.8 cm³/mol. The number of ether oxygens (including phenoxy) is 1. The molecule has 0 saturated carbocycles. The summed E-state index contributed by atoms with van der Waals surface area (Å²) in [6, 6.07) is -1.19. The van der Waals surface area contributed by atoms with Crippen molar-refractivity contribution >= 4 is 23.9 Å². The van der Waals surface area contributed by atoms with E-state index >= 15 is 0 Å². The van der Waals surface area contributed by atoms with Gasteiger partial charge in [0.2, 0.25) is 11.7 Å². The summed E-state index contributed by atoms with van der Waals surface area (Å²) in [6.45, 7) is 3.99. The first-order valence-corrected chi connectivity index (χ1v) is 6.81. The molecule has 0 aliphatic heterocycles. The number of nitrogens with one attached hydrogen (secondary N) is 1. The Labute approximate surface area is 123 Å². The van der Waals surface area contributed by atoms with Crippen LogP contribution in [0.1, 0.15) is 39.5 Å². The zero-order valence-corrected chi connectivity index (χ0v) is 12.2. The summed E-state index contributed by atoms with van der Waals surface area (Å²) in [5.74, 6) is -2.26. The number of carbonyl (C=O) groups excluding carboxylic acids is 2. The number of nitrogens with zero attached hydrogens (tertiary/aromatic N) is 2. The summed E-state index contributed by atoms with van der Waals surface area (Å²) < 4.78 is 5.26. The zero-order chi connectivity index (χ0) is 16.3. The molecular weight excluding hydrogens is 278 g/mol. The summed E-state index contributed by atoms with van der Waals surface area (Å²) in [5, 5.41) is 11.4. The average molecular weight is 299 g/mol. The van der Waals surface area contributed by atoms with Crippen molar-refractivity contribution in [3.8, 4) is 0 Å². The Hall–Kier alpha value is -2.05. The molecule has 0 bridgehead atoms. The third kappa shape index (κ3) is 7.96. The van der Waals surface area contributed by atoms with Crippen LogP contribution in [-0.2, 0) is 19.1 Å². The van der Waals surface area contributed by atoms with Crippen LogP contribution in [0.2, 0.25) is 0 Å². The van der Waals surface area contributed by atoms with E-state index in [1.807, 2.05) is 6.92 Å². The minimum absolute atomic E-state index is 0.0864. The van der Waals surface area contributed by atoms with Crippen LogP contribution in [0.5, 0.6) is 0 Å². The molecule has 8 nitrogen and oxygen atoms in total. The number of hydrogen-bond donors (Lipinski definition) is 2. The van der Waals surface area contributed by atoms with Gasteiger partial charge in [-0.25, -0.2) is 4.79 Å². The van der Waals surface area contributed by atoms with Gasteiger partial charge in [-0.05, 0) is 19.8 Å². The van der Waals surface area contributed by atoms with Crippen molar-refractivity contribution in [2.24, 2.45) is 0 Å². The zero-order valence-electron chi connectivity index (χ0n) is 12.2. The maximum Gasteiger partial charge on any atom is 0.326 e. The van der Waals surface area contributed by atoms with Crippen LogP contribution >= 0.6 is 0 Å². The Morgan fingerprint density at radius 1 is 1.33 bits per heavy atom. The van der Waals surface area contributed by atoms with Gasteiger partial charge in [0.25, 0.3) is 0 Å². The Bertz CT molecular complexity index is 412. The van der Waals surface area contributed by atoms with Crippen LogP contribution in [0.25, 0.3) is 5.53 Å². The number of Topliss-reactive ketones (excluding diaryl/α,β-unsaturated/α-hetero) is 1. The summed E-state index contributed by atoms with van der Waals surface area (Å²) in [5.41, 5.74) is 8.19. The maximum atomic E-state index is 12.0. The number of rotatable bonds is 11. The van der Waals surface area contributed by atoms with Gasteiger partial charge in [0.15, 0.2) is 0 Å². The average Bonchev–Trinajstić information content (AvgIpc) is 2.42. The lowest BCUT2D eigenvalue weighted by Crippen LogP contribution is -2.46. The van der Waals surface area contributed by atoms with E-state index in [9.17, 15) is 14.4 Å². The van der Waals surface area contributed by atoms with Gasteiger partial charge in [-0.3, -0.25) is 9.59 Å². The molecule has 118 valence electrons. The van der Waals surface area contributed by atoms with Gasteiger partial charge in [-0.2, -0.15) is 4.79 Å². The minimum Gasteiger partial charge on any atom is -0.480 e. The minimum atomic E-state index is -1.23. The van der Waals surface area contributed by atoms with Crippen molar-refractivity contribution in [1.82, 2.24) is 5.32 Å². The highest BCUT2D eigenvalue weighted by Gasteiger charge is 2.25. The van der Waals surface area contributed by atoms with Crippen LogP contribution in [-0.4, -0.2) is 52.5 Å². The van der Waals surface area contributed by atoms with E-state index in [0.29, 0.717) is 19.2 Å². The fourth-order valence-corrected chi connectivity index (χ4v) is 1.69. The molecule has 0 heterocycles. The number of ketones is 1. The molecule has 21 heavy (non-hydrogen) atoms. The number of hydrogen-bond acceptors (Lipinski definition) is 4. The molecule has 0 aromatic heterocycles. The van der Waals surface area contributed by atoms with E-state index in [1.165, 1.54) is 0 Å². The lowest BCUT2D eigenvalue weighted by molar-refractivity contribution is -0.144. The van der Waals surface area contributed by atoms with Crippen molar-refractivity contribution in [1.29, 1.82) is 0 Å². The van der Waals surface area contributed by atoms with E-state index < -0.39 is 29.8 Å². The molecule has 0 aromatic rings. The molecule has 0 radical (unpaired) electrons. The predicted octanol–water partition coefficient (Wildman–Crippen LogP) is 0.411. The van der Waals surface area contributed by atoms with Crippen molar-refractivity contribution in [3.05, 3.63) is 5.53 Å². The van der Waals surface area contributed by atoms with Gasteiger partial charge in [0.05, 0.1) is 0 Å².